The third-order valence-corrected chi connectivity index (χ3v) is 12.8. The lowest BCUT2D eigenvalue weighted by atomic mass is 9.44. The van der Waals surface area contributed by atoms with Crippen molar-refractivity contribution >= 4 is 18.2 Å². The molecule has 11 nitrogen and oxygen atoms in total. The lowest BCUT2D eigenvalue weighted by Gasteiger charge is -2.61. The SMILES string of the molecule is CC(C)(C)OC(=O)NCCCCC(NC(=O)OC(C)(C)C)C(=O)OCc1cc([C@H]2CC[C@H]3[C@@H]4CCC5C[C@](C)(O)CC[C@]5(C)C4CC[C@]23C)no1. The van der Waals surface area contributed by atoms with Crippen LogP contribution in [0.4, 0.5) is 9.59 Å². The van der Waals surface area contributed by atoms with Crippen LogP contribution in [-0.4, -0.2) is 57.8 Å². The predicted octanol–water partition coefficient (Wildman–Crippen LogP) is 8.18. The van der Waals surface area contributed by atoms with Gasteiger partial charge in [-0.1, -0.05) is 19.0 Å². The van der Waals surface area contributed by atoms with Gasteiger partial charge in [-0.25, -0.2) is 14.4 Å². The molecule has 4 aliphatic carbocycles. The van der Waals surface area contributed by atoms with Gasteiger partial charge < -0.3 is 34.5 Å². The molecular formula is C40H65N3O8. The van der Waals surface area contributed by atoms with E-state index in [-0.39, 0.29) is 12.0 Å². The topological polar surface area (TPSA) is 149 Å². The number of carbonyl (C=O) groups is 3. The lowest BCUT2D eigenvalue weighted by Crippen LogP contribution is -2.55. The van der Waals surface area contributed by atoms with E-state index in [1.54, 1.807) is 41.5 Å². The monoisotopic (exact) mass is 715 g/mol. The van der Waals surface area contributed by atoms with Gasteiger partial charge in [0.2, 0.25) is 0 Å². The Labute approximate surface area is 305 Å². The van der Waals surface area contributed by atoms with Gasteiger partial charge in [0.1, 0.15) is 17.2 Å². The maximum absolute atomic E-state index is 13.3. The standard InChI is InChI=1S/C40H65N3O8/c1-36(2,3)49-34(45)41-21-11-10-12-31(42-35(46)50-37(4,5)6)33(44)48-24-26-22-32(43-51-26)30-16-15-28-27-14-13-25-23-38(7,47)19-20-39(25,8)29(27)17-18-40(28,30)9/h22,25,27-31,47H,10-21,23-24H2,1-9H3,(H,41,45)(H,42,46)/t25?,27-,28-,29?,30+,31?,38+,39-,40-/m0/s1. The zero-order chi connectivity index (χ0) is 37.4. The van der Waals surface area contributed by atoms with Crippen LogP contribution in [0.15, 0.2) is 10.6 Å². The van der Waals surface area contributed by atoms with Gasteiger partial charge in [0.25, 0.3) is 0 Å². The number of fused-ring (bicyclic) bond motifs is 5. The van der Waals surface area contributed by atoms with E-state index in [0.29, 0.717) is 60.7 Å². The first-order chi connectivity index (χ1) is 23.7. The third kappa shape index (κ3) is 9.41. The minimum Gasteiger partial charge on any atom is -0.456 e. The number of nitrogens with one attached hydrogen (secondary N) is 2. The largest absolute Gasteiger partial charge is 0.456 e. The first kappa shape index (κ1) is 39.4. The number of nitrogens with zero attached hydrogens (tertiary/aromatic N) is 1. The number of amides is 2. The van der Waals surface area contributed by atoms with Crippen molar-refractivity contribution in [3.05, 3.63) is 17.5 Å². The number of alkyl carbamates (subject to hydrolysis) is 2. The lowest BCUT2D eigenvalue weighted by molar-refractivity contribution is -0.148. The number of rotatable bonds is 10. The minimum atomic E-state index is -0.930. The second kappa shape index (κ2) is 14.9. The Kier molecular flexibility index (Phi) is 11.5. The molecule has 0 bridgehead atoms. The Balaban J connectivity index is 1.16. The molecule has 0 aromatic carbocycles. The Hall–Kier alpha value is -2.82. The van der Waals surface area contributed by atoms with E-state index in [2.05, 4.69) is 29.6 Å². The molecule has 2 amide bonds. The fourth-order valence-electron chi connectivity index (χ4n) is 10.4. The van der Waals surface area contributed by atoms with Gasteiger partial charge in [-0.15, -0.1) is 0 Å². The molecule has 1 aromatic rings. The Morgan fingerprint density at radius 1 is 0.902 bits per heavy atom. The number of aliphatic hydroxyl groups is 1. The van der Waals surface area contributed by atoms with Gasteiger partial charge in [-0.3, -0.25) is 0 Å². The fraction of sp³-hybridized carbons (Fsp3) is 0.850. The molecule has 3 unspecified atom stereocenters. The maximum atomic E-state index is 13.3. The smallest absolute Gasteiger partial charge is 0.408 e. The first-order valence-electron chi connectivity index (χ1n) is 19.5. The fourth-order valence-corrected chi connectivity index (χ4v) is 10.4. The molecule has 5 rings (SSSR count). The number of esters is 1. The Morgan fingerprint density at radius 2 is 1.59 bits per heavy atom. The van der Waals surface area contributed by atoms with E-state index in [0.717, 1.165) is 37.3 Å². The van der Waals surface area contributed by atoms with Crippen molar-refractivity contribution in [3.63, 3.8) is 0 Å². The number of carbonyl (C=O) groups excluding carboxylic acids is 3. The Morgan fingerprint density at radius 3 is 2.29 bits per heavy atom. The summed E-state index contributed by atoms with van der Waals surface area (Å²) in [5.41, 5.74) is -0.417. The van der Waals surface area contributed by atoms with Crippen LogP contribution in [0.3, 0.4) is 0 Å². The molecule has 51 heavy (non-hydrogen) atoms. The number of hydrogen-bond acceptors (Lipinski definition) is 9. The van der Waals surface area contributed by atoms with Crippen molar-refractivity contribution < 1.29 is 38.2 Å². The molecular weight excluding hydrogens is 650 g/mol. The molecule has 0 aliphatic heterocycles. The molecule has 4 saturated carbocycles. The van der Waals surface area contributed by atoms with Crippen LogP contribution >= 0.6 is 0 Å². The van der Waals surface area contributed by atoms with Gasteiger partial charge in [0.15, 0.2) is 12.4 Å². The number of aromatic nitrogens is 1. The van der Waals surface area contributed by atoms with Gasteiger partial charge in [0.05, 0.1) is 11.3 Å². The Bertz CT molecular complexity index is 1390. The van der Waals surface area contributed by atoms with Crippen LogP contribution in [0, 0.1) is 34.5 Å². The highest BCUT2D eigenvalue weighted by Gasteiger charge is 2.61. The zero-order valence-corrected chi connectivity index (χ0v) is 32.7. The third-order valence-electron chi connectivity index (χ3n) is 12.8. The summed E-state index contributed by atoms with van der Waals surface area (Å²) in [6, 6.07) is 1.03. The molecule has 288 valence electrons. The molecule has 1 heterocycles. The summed E-state index contributed by atoms with van der Waals surface area (Å²) in [6.07, 6.45) is 10.4. The van der Waals surface area contributed by atoms with E-state index in [1.807, 2.05) is 13.0 Å². The average molecular weight is 716 g/mol. The second-order valence-corrected chi connectivity index (χ2v) is 19.0. The van der Waals surface area contributed by atoms with E-state index in [9.17, 15) is 19.5 Å². The van der Waals surface area contributed by atoms with Crippen molar-refractivity contribution in [1.29, 1.82) is 0 Å². The summed E-state index contributed by atoms with van der Waals surface area (Å²) in [6.45, 7) is 18.0. The molecule has 11 heteroatoms. The second-order valence-electron chi connectivity index (χ2n) is 19.0. The van der Waals surface area contributed by atoms with Gasteiger partial charge in [0, 0.05) is 18.5 Å². The number of unbranched alkanes of at least 4 members (excludes halogenated alkanes) is 1. The van der Waals surface area contributed by atoms with E-state index >= 15 is 0 Å². The zero-order valence-electron chi connectivity index (χ0n) is 32.7. The van der Waals surface area contributed by atoms with E-state index in [1.165, 1.54) is 32.1 Å². The normalized spacial score (nSPS) is 34.0. The highest BCUT2D eigenvalue weighted by atomic mass is 16.6. The van der Waals surface area contributed by atoms with E-state index < -0.39 is 41.0 Å². The van der Waals surface area contributed by atoms with Crippen molar-refractivity contribution in [2.45, 2.75) is 175 Å². The quantitative estimate of drug-likeness (QED) is 0.124. The van der Waals surface area contributed by atoms with Gasteiger partial charge >= 0.3 is 18.2 Å². The summed E-state index contributed by atoms with van der Waals surface area (Å²) in [5, 5.41) is 20.8. The van der Waals surface area contributed by atoms with Crippen LogP contribution in [0.25, 0.3) is 0 Å². The first-order valence-corrected chi connectivity index (χ1v) is 19.5. The summed E-state index contributed by atoms with van der Waals surface area (Å²) in [7, 11) is 0. The molecule has 0 spiro atoms. The van der Waals surface area contributed by atoms with Crippen molar-refractivity contribution in [2.75, 3.05) is 6.54 Å². The van der Waals surface area contributed by atoms with Crippen LogP contribution in [0.2, 0.25) is 0 Å². The summed E-state index contributed by atoms with van der Waals surface area (Å²) < 4.78 is 22.1. The molecule has 4 fully saturated rings. The van der Waals surface area contributed by atoms with Crippen molar-refractivity contribution in [3.8, 4) is 0 Å². The molecule has 3 N–H and O–H groups in total. The molecule has 4 aliphatic rings. The summed E-state index contributed by atoms with van der Waals surface area (Å²) in [5.74, 6) is 2.90. The van der Waals surface area contributed by atoms with Crippen LogP contribution < -0.4 is 10.6 Å². The highest BCUT2D eigenvalue weighted by Crippen LogP contribution is 2.69. The van der Waals surface area contributed by atoms with Crippen LogP contribution in [0.1, 0.15) is 157 Å². The molecule has 0 radical (unpaired) electrons. The maximum Gasteiger partial charge on any atom is 0.408 e. The predicted molar refractivity (Wildman–Crippen MR) is 193 cm³/mol. The van der Waals surface area contributed by atoms with Crippen molar-refractivity contribution in [1.82, 2.24) is 15.8 Å². The summed E-state index contributed by atoms with van der Waals surface area (Å²) >= 11 is 0. The molecule has 0 saturated heterocycles. The number of hydrogen-bond donors (Lipinski definition) is 3. The van der Waals surface area contributed by atoms with Crippen molar-refractivity contribution in [2.24, 2.45) is 34.5 Å². The van der Waals surface area contributed by atoms with Gasteiger partial charge in [-0.05, 0) is 160 Å². The van der Waals surface area contributed by atoms with E-state index in [4.69, 9.17) is 18.7 Å². The van der Waals surface area contributed by atoms with Crippen LogP contribution in [-0.2, 0) is 25.6 Å². The molecule has 9 atom stereocenters. The highest BCUT2D eigenvalue weighted by molar-refractivity contribution is 5.81. The summed E-state index contributed by atoms with van der Waals surface area (Å²) in [4.78, 5) is 37.9. The minimum absolute atomic E-state index is 0.0837. The molecule has 1 aromatic heterocycles. The average Bonchev–Trinajstić information content (AvgIpc) is 3.61. The number of ether oxygens (including phenoxy) is 3. The van der Waals surface area contributed by atoms with Gasteiger partial charge in [-0.2, -0.15) is 0 Å². The van der Waals surface area contributed by atoms with Crippen LogP contribution in [0.5, 0.6) is 0 Å².